The highest BCUT2D eigenvalue weighted by atomic mass is 16.8. The molecule has 0 unspecified atom stereocenters. The Bertz CT molecular complexity index is 549. The van der Waals surface area contributed by atoms with Crippen molar-refractivity contribution in [3.8, 4) is 5.75 Å². The van der Waals surface area contributed by atoms with Crippen molar-refractivity contribution in [2.45, 2.75) is 52.2 Å². The van der Waals surface area contributed by atoms with Gasteiger partial charge in [0.1, 0.15) is 12.4 Å². The van der Waals surface area contributed by atoms with E-state index in [1.54, 1.807) is 6.92 Å². The molecule has 0 heterocycles. The van der Waals surface area contributed by atoms with Gasteiger partial charge >= 0.3 is 6.16 Å². The zero-order valence-electron chi connectivity index (χ0n) is 15.6. The van der Waals surface area contributed by atoms with Crippen LogP contribution in [0, 0.1) is 10.1 Å². The number of ether oxygens (including phenoxy) is 4. The van der Waals surface area contributed by atoms with Gasteiger partial charge in [0.25, 0.3) is 5.69 Å². The first-order valence-corrected chi connectivity index (χ1v) is 8.77. The number of rotatable bonds is 12. The summed E-state index contributed by atoms with van der Waals surface area (Å²) in [4.78, 5) is 21.9. The van der Waals surface area contributed by atoms with Crippen LogP contribution in [0.25, 0.3) is 0 Å². The van der Waals surface area contributed by atoms with Gasteiger partial charge in [-0.15, -0.1) is 0 Å². The maximum atomic E-state index is 11.8. The predicted octanol–water partition coefficient (Wildman–Crippen LogP) is 4.46. The summed E-state index contributed by atoms with van der Waals surface area (Å²) in [6.45, 7) is 6.71. The molecule has 8 nitrogen and oxygen atoms in total. The second kappa shape index (κ2) is 11.4. The molecule has 0 saturated heterocycles. The molecule has 0 atom stereocenters. The summed E-state index contributed by atoms with van der Waals surface area (Å²) < 4.78 is 21.6. The molecule has 0 bridgehead atoms. The first kappa shape index (κ1) is 21.9. The lowest BCUT2D eigenvalue weighted by Gasteiger charge is -2.29. The van der Waals surface area contributed by atoms with E-state index in [0.29, 0.717) is 13.2 Å². The second-order valence-electron chi connectivity index (χ2n) is 5.93. The van der Waals surface area contributed by atoms with E-state index in [1.807, 2.05) is 0 Å². The molecule has 146 valence electrons. The highest BCUT2D eigenvalue weighted by molar-refractivity contribution is 5.64. The average molecular weight is 369 g/mol. The topological polar surface area (TPSA) is 97.1 Å². The minimum absolute atomic E-state index is 0.0908. The van der Waals surface area contributed by atoms with Crippen molar-refractivity contribution in [3.63, 3.8) is 0 Å². The smallest absolute Gasteiger partial charge is 0.428 e. The molecular weight excluding hydrogens is 342 g/mol. The van der Waals surface area contributed by atoms with E-state index in [2.05, 4.69) is 13.8 Å². The van der Waals surface area contributed by atoms with E-state index in [1.165, 1.54) is 24.3 Å². The number of benzene rings is 1. The number of carbonyl (C=O) groups is 1. The van der Waals surface area contributed by atoms with Crippen LogP contribution in [0.15, 0.2) is 24.3 Å². The fraction of sp³-hybridized carbons (Fsp3) is 0.611. The maximum Gasteiger partial charge on any atom is 0.514 e. The van der Waals surface area contributed by atoms with Crippen LogP contribution in [0.4, 0.5) is 10.5 Å². The molecule has 0 N–H and O–H groups in total. The Labute approximate surface area is 153 Å². The van der Waals surface area contributed by atoms with Crippen LogP contribution < -0.4 is 4.74 Å². The van der Waals surface area contributed by atoms with Gasteiger partial charge in [-0.25, -0.2) is 4.79 Å². The van der Waals surface area contributed by atoms with E-state index in [-0.39, 0.29) is 18.0 Å². The Morgan fingerprint density at radius 2 is 1.62 bits per heavy atom. The van der Waals surface area contributed by atoms with Crippen LogP contribution in [0.1, 0.15) is 46.5 Å². The molecule has 1 rings (SSSR count). The number of non-ortho nitro benzene ring substituents is 1. The number of nitro groups is 1. The summed E-state index contributed by atoms with van der Waals surface area (Å²) in [5.41, 5.74) is -0.0908. The van der Waals surface area contributed by atoms with Gasteiger partial charge in [-0.05, 0) is 31.9 Å². The van der Waals surface area contributed by atoms with Gasteiger partial charge in [-0.2, -0.15) is 0 Å². The van der Waals surface area contributed by atoms with Crippen LogP contribution in [-0.2, 0) is 14.2 Å². The van der Waals surface area contributed by atoms with Gasteiger partial charge in [0.15, 0.2) is 5.79 Å². The van der Waals surface area contributed by atoms with E-state index < -0.39 is 16.9 Å². The Kier molecular flexibility index (Phi) is 9.61. The van der Waals surface area contributed by atoms with Crippen LogP contribution in [0.5, 0.6) is 5.75 Å². The van der Waals surface area contributed by atoms with Gasteiger partial charge in [0.2, 0.25) is 0 Å². The number of unbranched alkanes of at least 4 members (excludes halogenated alkanes) is 2. The lowest BCUT2D eigenvalue weighted by atomic mass is 10.3. The third kappa shape index (κ3) is 8.26. The minimum Gasteiger partial charge on any atom is -0.428 e. The number of hydrogen-bond donors (Lipinski definition) is 0. The summed E-state index contributed by atoms with van der Waals surface area (Å²) in [6.07, 6.45) is 2.78. The van der Waals surface area contributed by atoms with Crippen LogP contribution in [0.3, 0.4) is 0 Å². The number of nitro benzene ring substituents is 1. The third-order valence-corrected chi connectivity index (χ3v) is 3.51. The van der Waals surface area contributed by atoms with Crippen molar-refractivity contribution in [1.82, 2.24) is 0 Å². The van der Waals surface area contributed by atoms with Crippen molar-refractivity contribution in [1.29, 1.82) is 0 Å². The third-order valence-electron chi connectivity index (χ3n) is 3.51. The highest BCUT2D eigenvalue weighted by Gasteiger charge is 2.28. The molecule has 0 radical (unpaired) electrons. The van der Waals surface area contributed by atoms with E-state index in [0.717, 1.165) is 25.7 Å². The summed E-state index contributed by atoms with van der Waals surface area (Å²) in [5, 5.41) is 10.6. The molecule has 26 heavy (non-hydrogen) atoms. The van der Waals surface area contributed by atoms with E-state index in [4.69, 9.17) is 18.9 Å². The Morgan fingerprint density at radius 1 is 1.08 bits per heavy atom. The Hall–Kier alpha value is -2.19. The zero-order valence-corrected chi connectivity index (χ0v) is 15.6. The monoisotopic (exact) mass is 369 g/mol. The van der Waals surface area contributed by atoms with Crippen LogP contribution in [0.2, 0.25) is 0 Å². The largest absolute Gasteiger partial charge is 0.514 e. The predicted molar refractivity (Wildman–Crippen MR) is 95.2 cm³/mol. The van der Waals surface area contributed by atoms with Gasteiger partial charge in [0, 0.05) is 12.1 Å². The molecule has 0 amide bonds. The number of nitrogens with zero attached hydrogens (tertiary/aromatic N) is 1. The minimum atomic E-state index is -1.04. The summed E-state index contributed by atoms with van der Waals surface area (Å²) in [5.74, 6) is -0.889. The molecule has 0 spiro atoms. The molecule has 8 heteroatoms. The fourth-order valence-corrected chi connectivity index (χ4v) is 1.94. The zero-order chi connectivity index (χ0) is 19.4. The van der Waals surface area contributed by atoms with E-state index in [9.17, 15) is 14.9 Å². The van der Waals surface area contributed by atoms with Gasteiger partial charge in [0.05, 0.1) is 18.1 Å². The molecular formula is C18H27NO7. The van der Waals surface area contributed by atoms with Crippen LogP contribution >= 0.6 is 0 Å². The van der Waals surface area contributed by atoms with Gasteiger partial charge < -0.3 is 18.9 Å². The molecule has 0 aliphatic carbocycles. The first-order chi connectivity index (χ1) is 12.4. The van der Waals surface area contributed by atoms with E-state index >= 15 is 0 Å². The molecule has 1 aromatic rings. The Morgan fingerprint density at radius 3 is 2.08 bits per heavy atom. The average Bonchev–Trinajstić information content (AvgIpc) is 2.61. The maximum absolute atomic E-state index is 11.8. The number of carbonyl (C=O) groups excluding carboxylic acids is 1. The van der Waals surface area contributed by atoms with Gasteiger partial charge in [-0.1, -0.05) is 26.7 Å². The standard InChI is InChI=1S/C18H27NO7/c1-4-6-12-24-18(3,25-13-7-5-2)14-23-17(20)26-16-10-8-15(9-11-16)19(21)22/h8-11H,4-7,12-14H2,1-3H3. The Balaban J connectivity index is 2.53. The lowest BCUT2D eigenvalue weighted by Crippen LogP contribution is -2.39. The summed E-state index contributed by atoms with van der Waals surface area (Å²) in [7, 11) is 0. The molecule has 1 aromatic carbocycles. The fourth-order valence-electron chi connectivity index (χ4n) is 1.94. The van der Waals surface area contributed by atoms with Crippen LogP contribution in [-0.4, -0.2) is 36.7 Å². The molecule has 0 aliphatic rings. The molecule has 0 fully saturated rings. The molecule has 0 saturated carbocycles. The van der Waals surface area contributed by atoms with Crippen molar-refractivity contribution < 1.29 is 28.7 Å². The normalized spacial score (nSPS) is 11.2. The quantitative estimate of drug-likeness (QED) is 0.134. The SMILES string of the molecule is CCCCOC(C)(COC(=O)Oc1ccc([N+](=O)[O-])cc1)OCCCC. The van der Waals surface area contributed by atoms with Crippen molar-refractivity contribution in [3.05, 3.63) is 34.4 Å². The number of hydrogen-bond acceptors (Lipinski definition) is 7. The lowest BCUT2D eigenvalue weighted by molar-refractivity contribution is -0.384. The first-order valence-electron chi connectivity index (χ1n) is 8.77. The van der Waals surface area contributed by atoms with Crippen molar-refractivity contribution >= 4 is 11.8 Å². The molecule has 0 aromatic heterocycles. The van der Waals surface area contributed by atoms with Gasteiger partial charge in [-0.3, -0.25) is 10.1 Å². The highest BCUT2D eigenvalue weighted by Crippen LogP contribution is 2.19. The van der Waals surface area contributed by atoms with Crippen molar-refractivity contribution in [2.24, 2.45) is 0 Å². The second-order valence-corrected chi connectivity index (χ2v) is 5.93. The summed E-state index contributed by atoms with van der Waals surface area (Å²) in [6, 6.07) is 5.14. The molecule has 0 aliphatic heterocycles. The summed E-state index contributed by atoms with van der Waals surface area (Å²) >= 11 is 0. The van der Waals surface area contributed by atoms with Crippen molar-refractivity contribution in [2.75, 3.05) is 19.8 Å².